The van der Waals surface area contributed by atoms with E-state index in [0.29, 0.717) is 12.7 Å². The maximum Gasteiger partial charge on any atom is 0.199 e. The number of thiophene rings is 1. The Morgan fingerprint density at radius 1 is 1.25 bits per heavy atom. The molecular formula is C21H26N4OS2. The van der Waals surface area contributed by atoms with Gasteiger partial charge in [-0.05, 0) is 80.7 Å². The number of aromatic nitrogens is 3. The molecule has 0 saturated heterocycles. The molecule has 1 aliphatic rings. The Labute approximate surface area is 175 Å². The molecule has 2 aromatic heterocycles. The van der Waals surface area contributed by atoms with Gasteiger partial charge in [-0.3, -0.25) is 9.47 Å². The number of nitrogens with zero attached hydrogens (tertiary/aromatic N) is 4. The second kappa shape index (κ2) is 7.81. The van der Waals surface area contributed by atoms with Crippen LogP contribution in [0.1, 0.15) is 43.3 Å². The zero-order chi connectivity index (χ0) is 19.8. The van der Waals surface area contributed by atoms with Crippen LogP contribution in [0, 0.1) is 4.77 Å². The first-order chi connectivity index (χ1) is 13.5. The highest BCUT2D eigenvalue weighted by molar-refractivity contribution is 7.71. The highest BCUT2D eigenvalue weighted by Gasteiger charge is 2.26. The van der Waals surface area contributed by atoms with Crippen LogP contribution in [0.15, 0.2) is 35.7 Å². The molecule has 28 heavy (non-hydrogen) atoms. The van der Waals surface area contributed by atoms with E-state index in [1.807, 2.05) is 40.3 Å². The highest BCUT2D eigenvalue weighted by Crippen LogP contribution is 2.33. The first-order valence-electron chi connectivity index (χ1n) is 9.63. The number of hydrogen-bond donors (Lipinski definition) is 0. The summed E-state index contributed by atoms with van der Waals surface area (Å²) in [6, 6.07) is 10.9. The fraction of sp³-hybridized carbons (Fsp3) is 0.429. The van der Waals surface area contributed by atoms with Gasteiger partial charge < -0.3 is 4.74 Å². The van der Waals surface area contributed by atoms with Gasteiger partial charge in [0.2, 0.25) is 0 Å². The van der Waals surface area contributed by atoms with Crippen molar-refractivity contribution in [3.63, 3.8) is 0 Å². The Bertz CT molecular complexity index is 1020. The average molecular weight is 415 g/mol. The maximum atomic E-state index is 5.82. The largest absolute Gasteiger partial charge is 0.497 e. The van der Waals surface area contributed by atoms with Crippen LogP contribution in [0.25, 0.3) is 11.4 Å². The lowest BCUT2D eigenvalue weighted by Crippen LogP contribution is -2.35. The van der Waals surface area contributed by atoms with Gasteiger partial charge in [-0.25, -0.2) is 4.68 Å². The predicted molar refractivity (Wildman–Crippen MR) is 117 cm³/mol. The van der Waals surface area contributed by atoms with Crippen molar-refractivity contribution in [3.8, 4) is 17.1 Å². The van der Waals surface area contributed by atoms with Crippen LogP contribution in [0.3, 0.4) is 0 Å². The minimum atomic E-state index is 0.237. The SMILES string of the molecule is COc1ccc(-c2nn(CN3CCc4sccc4[C@@H]3C)c(=S)n2C(C)C)cc1. The number of fused-ring (bicyclic) bond motifs is 1. The second-order valence-electron chi connectivity index (χ2n) is 7.48. The van der Waals surface area contributed by atoms with E-state index in [9.17, 15) is 0 Å². The fourth-order valence-corrected chi connectivity index (χ4v) is 5.20. The summed E-state index contributed by atoms with van der Waals surface area (Å²) in [4.78, 5) is 3.97. The second-order valence-corrected chi connectivity index (χ2v) is 8.84. The normalized spacial score (nSPS) is 17.1. The first kappa shape index (κ1) is 19.4. The van der Waals surface area contributed by atoms with Crippen molar-refractivity contribution in [1.82, 2.24) is 19.2 Å². The van der Waals surface area contributed by atoms with Crippen LogP contribution in [-0.4, -0.2) is 32.9 Å². The molecule has 1 atom stereocenters. The van der Waals surface area contributed by atoms with E-state index >= 15 is 0 Å². The van der Waals surface area contributed by atoms with E-state index in [-0.39, 0.29) is 6.04 Å². The van der Waals surface area contributed by atoms with Gasteiger partial charge in [-0.1, -0.05) is 0 Å². The fourth-order valence-electron chi connectivity index (χ4n) is 3.84. The summed E-state index contributed by atoms with van der Waals surface area (Å²) in [5.41, 5.74) is 2.49. The molecule has 0 radical (unpaired) electrons. The summed E-state index contributed by atoms with van der Waals surface area (Å²) in [5, 5.41) is 7.12. The van der Waals surface area contributed by atoms with Crippen LogP contribution in [0.4, 0.5) is 0 Å². The molecule has 0 amide bonds. The van der Waals surface area contributed by atoms with E-state index in [1.54, 1.807) is 7.11 Å². The highest BCUT2D eigenvalue weighted by atomic mass is 32.1. The number of methoxy groups -OCH3 is 1. The van der Waals surface area contributed by atoms with E-state index in [0.717, 1.165) is 34.9 Å². The minimum Gasteiger partial charge on any atom is -0.497 e. The quantitative estimate of drug-likeness (QED) is 0.530. The van der Waals surface area contributed by atoms with Gasteiger partial charge in [-0.2, -0.15) is 5.10 Å². The Kier molecular flexibility index (Phi) is 5.40. The standard InChI is InChI=1S/C21H26N4OS2/c1-14(2)25-20(16-5-7-17(26-4)8-6-16)22-24(21(25)27)13-23-11-9-19-18(15(23)3)10-12-28-19/h5-8,10,12,14-15H,9,11,13H2,1-4H3/t15-/m0/s1. The molecule has 0 fully saturated rings. The van der Waals surface area contributed by atoms with Crippen LogP contribution in [0.2, 0.25) is 0 Å². The summed E-state index contributed by atoms with van der Waals surface area (Å²) in [7, 11) is 1.68. The minimum absolute atomic E-state index is 0.237. The molecule has 0 unspecified atom stereocenters. The van der Waals surface area contributed by atoms with Crippen LogP contribution < -0.4 is 4.74 Å². The van der Waals surface area contributed by atoms with Gasteiger partial charge in [0, 0.05) is 29.1 Å². The lowest BCUT2D eigenvalue weighted by Gasteiger charge is -2.33. The molecule has 1 aromatic carbocycles. The molecule has 4 rings (SSSR count). The van der Waals surface area contributed by atoms with Crippen LogP contribution in [0.5, 0.6) is 5.75 Å². The smallest absolute Gasteiger partial charge is 0.199 e. The number of ether oxygens (including phenoxy) is 1. The number of rotatable bonds is 5. The lowest BCUT2D eigenvalue weighted by atomic mass is 10.0. The summed E-state index contributed by atoms with van der Waals surface area (Å²) in [6.45, 7) is 8.31. The van der Waals surface area contributed by atoms with Gasteiger partial charge in [0.25, 0.3) is 0 Å². The maximum absolute atomic E-state index is 5.82. The van der Waals surface area contributed by atoms with E-state index in [1.165, 1.54) is 10.4 Å². The molecule has 0 bridgehead atoms. The Morgan fingerprint density at radius 2 is 2.00 bits per heavy atom. The van der Waals surface area contributed by atoms with E-state index in [4.69, 9.17) is 22.1 Å². The van der Waals surface area contributed by atoms with E-state index < -0.39 is 0 Å². The molecule has 3 heterocycles. The lowest BCUT2D eigenvalue weighted by molar-refractivity contribution is 0.144. The monoisotopic (exact) mass is 414 g/mol. The van der Waals surface area contributed by atoms with Crippen molar-refractivity contribution in [2.45, 2.75) is 45.9 Å². The van der Waals surface area contributed by atoms with E-state index in [2.05, 4.69) is 41.7 Å². The topological polar surface area (TPSA) is 35.2 Å². The van der Waals surface area contributed by atoms with Gasteiger partial charge in [0.15, 0.2) is 10.6 Å². The van der Waals surface area contributed by atoms with Crippen molar-refractivity contribution >= 4 is 23.6 Å². The molecule has 0 N–H and O–H groups in total. The molecule has 0 spiro atoms. The molecule has 1 aliphatic heterocycles. The zero-order valence-electron chi connectivity index (χ0n) is 16.8. The zero-order valence-corrected chi connectivity index (χ0v) is 18.4. The third-order valence-corrected chi connectivity index (χ3v) is 6.86. The molecule has 5 nitrogen and oxygen atoms in total. The molecule has 3 aromatic rings. The first-order valence-corrected chi connectivity index (χ1v) is 10.9. The Hall–Kier alpha value is -1.96. The summed E-state index contributed by atoms with van der Waals surface area (Å²) in [5.74, 6) is 1.75. The van der Waals surface area contributed by atoms with Gasteiger partial charge in [-0.15, -0.1) is 11.3 Å². The Morgan fingerprint density at radius 3 is 2.68 bits per heavy atom. The number of benzene rings is 1. The van der Waals surface area contributed by atoms with Crippen molar-refractivity contribution in [2.24, 2.45) is 0 Å². The summed E-state index contributed by atoms with van der Waals surface area (Å²) in [6.07, 6.45) is 1.10. The van der Waals surface area contributed by atoms with Gasteiger partial charge >= 0.3 is 0 Å². The van der Waals surface area contributed by atoms with Gasteiger partial charge in [0.05, 0.1) is 13.8 Å². The van der Waals surface area contributed by atoms with Crippen molar-refractivity contribution in [3.05, 3.63) is 50.9 Å². The molecule has 0 saturated carbocycles. The molecule has 148 valence electrons. The Balaban J connectivity index is 1.67. The number of hydrogen-bond acceptors (Lipinski definition) is 5. The predicted octanol–water partition coefficient (Wildman–Crippen LogP) is 5.31. The average Bonchev–Trinajstić information content (AvgIpc) is 3.29. The third-order valence-electron chi connectivity index (χ3n) is 5.45. The molecular weight excluding hydrogens is 388 g/mol. The molecule has 7 heteroatoms. The van der Waals surface area contributed by atoms with Crippen molar-refractivity contribution < 1.29 is 4.74 Å². The van der Waals surface area contributed by atoms with Crippen LogP contribution in [-0.2, 0) is 13.1 Å². The van der Waals surface area contributed by atoms with Crippen molar-refractivity contribution in [1.29, 1.82) is 0 Å². The third kappa shape index (κ3) is 3.43. The summed E-state index contributed by atoms with van der Waals surface area (Å²) >= 11 is 7.69. The van der Waals surface area contributed by atoms with Crippen LogP contribution >= 0.6 is 23.6 Å². The van der Waals surface area contributed by atoms with Gasteiger partial charge in [0.1, 0.15) is 5.75 Å². The summed E-state index contributed by atoms with van der Waals surface area (Å²) < 4.78 is 10.2. The molecule has 0 aliphatic carbocycles. The van der Waals surface area contributed by atoms with Crippen molar-refractivity contribution in [2.75, 3.05) is 13.7 Å².